The van der Waals surface area contributed by atoms with Crippen LogP contribution in [-0.2, 0) is 6.18 Å². The molecule has 2 heterocycles. The number of carboxylic acid groups (broad SMARTS) is 1. The van der Waals surface area contributed by atoms with Gasteiger partial charge in [-0.3, -0.25) is 10.2 Å². The van der Waals surface area contributed by atoms with Crippen molar-refractivity contribution in [3.8, 4) is 17.0 Å². The molecule has 2 aromatic heterocycles. The Kier molecular flexibility index (Phi) is 6.19. The number of hydrogen-bond donors (Lipinski definition) is 2. The van der Waals surface area contributed by atoms with Crippen molar-refractivity contribution in [3.05, 3.63) is 78.1 Å². The number of amides is 2. The molecule has 0 bridgehead atoms. The molecule has 0 atom stereocenters. The first-order valence-electron chi connectivity index (χ1n) is 9.97. The Bertz CT molecular complexity index is 1410. The van der Waals surface area contributed by atoms with E-state index < -0.39 is 29.8 Å². The molecule has 0 saturated carbocycles. The molecule has 2 N–H and O–H groups in total. The number of aromatic nitrogens is 3. The van der Waals surface area contributed by atoms with Crippen LogP contribution in [0.25, 0.3) is 22.2 Å². The molecule has 0 unspecified atom stereocenters. The molecule has 0 radical (unpaired) electrons. The fraction of sp³-hybridized carbons (Fsp3) is 0.0870. The maximum absolute atomic E-state index is 13.4. The Balaban J connectivity index is 1.84. The van der Waals surface area contributed by atoms with Crippen molar-refractivity contribution in [1.82, 2.24) is 20.4 Å². The second-order valence-corrected chi connectivity index (χ2v) is 7.05. The van der Waals surface area contributed by atoms with Gasteiger partial charge in [-0.15, -0.1) is 5.01 Å². The number of para-hydroxylation sites is 1. The van der Waals surface area contributed by atoms with Crippen LogP contribution in [0.2, 0.25) is 0 Å². The topological polar surface area (TPSA) is 118 Å². The van der Waals surface area contributed by atoms with Crippen LogP contribution in [0.15, 0.2) is 66.9 Å². The number of methoxy groups -OCH3 is 1. The van der Waals surface area contributed by atoms with Crippen LogP contribution in [0.3, 0.4) is 0 Å². The molecule has 0 aliphatic rings. The van der Waals surface area contributed by atoms with E-state index in [1.807, 2.05) is 0 Å². The SMILES string of the molecule is COc1c(-c2ccccc2)nc2ccccc2c1C(=O)NN(C(=O)O)c1nccc(C(F)(F)F)n1. The molecule has 178 valence electrons. The van der Waals surface area contributed by atoms with E-state index in [1.54, 1.807) is 54.6 Å². The van der Waals surface area contributed by atoms with Gasteiger partial charge < -0.3 is 9.84 Å². The highest BCUT2D eigenvalue weighted by Crippen LogP contribution is 2.36. The number of hydrogen-bond acceptors (Lipinski definition) is 6. The minimum Gasteiger partial charge on any atom is -0.494 e. The summed E-state index contributed by atoms with van der Waals surface area (Å²) in [6.45, 7) is 0. The van der Waals surface area contributed by atoms with Gasteiger partial charge in [0.2, 0.25) is 0 Å². The Hall–Kier alpha value is -4.74. The van der Waals surface area contributed by atoms with Gasteiger partial charge in [0.25, 0.3) is 11.9 Å². The molecule has 2 aromatic carbocycles. The lowest BCUT2D eigenvalue weighted by molar-refractivity contribution is -0.141. The quantitative estimate of drug-likeness (QED) is 0.409. The van der Waals surface area contributed by atoms with Crippen LogP contribution < -0.4 is 15.2 Å². The molecule has 2 amide bonds. The highest BCUT2D eigenvalue weighted by Gasteiger charge is 2.34. The van der Waals surface area contributed by atoms with E-state index in [0.717, 1.165) is 6.20 Å². The normalized spacial score (nSPS) is 11.2. The molecule has 0 spiro atoms. The summed E-state index contributed by atoms with van der Waals surface area (Å²) in [6, 6.07) is 16.0. The number of hydrazine groups is 1. The lowest BCUT2D eigenvalue weighted by Gasteiger charge is -2.21. The smallest absolute Gasteiger partial charge is 0.433 e. The minimum atomic E-state index is -4.85. The van der Waals surface area contributed by atoms with Crippen molar-refractivity contribution in [2.45, 2.75) is 6.18 Å². The molecule has 9 nitrogen and oxygen atoms in total. The van der Waals surface area contributed by atoms with Gasteiger partial charge in [0, 0.05) is 17.1 Å². The number of benzene rings is 2. The van der Waals surface area contributed by atoms with Crippen LogP contribution in [0.5, 0.6) is 5.75 Å². The van der Waals surface area contributed by atoms with Gasteiger partial charge in [-0.1, -0.05) is 48.5 Å². The van der Waals surface area contributed by atoms with Gasteiger partial charge in [-0.25, -0.2) is 19.7 Å². The summed E-state index contributed by atoms with van der Waals surface area (Å²) in [5.41, 5.74) is 1.97. The average molecular weight is 483 g/mol. The number of halogens is 3. The number of anilines is 1. The minimum absolute atomic E-state index is 0.0442. The maximum Gasteiger partial charge on any atom is 0.433 e. The third-order valence-corrected chi connectivity index (χ3v) is 4.86. The Morgan fingerprint density at radius 2 is 1.69 bits per heavy atom. The fourth-order valence-corrected chi connectivity index (χ4v) is 3.37. The second kappa shape index (κ2) is 9.25. The summed E-state index contributed by atoms with van der Waals surface area (Å²) in [5, 5.41) is 10.0. The van der Waals surface area contributed by atoms with Crippen LogP contribution in [0.4, 0.5) is 23.9 Å². The first kappa shape index (κ1) is 23.4. The number of carbonyl (C=O) groups is 2. The van der Waals surface area contributed by atoms with Gasteiger partial charge in [0.05, 0.1) is 18.2 Å². The molecule has 4 aromatic rings. The van der Waals surface area contributed by atoms with E-state index in [1.165, 1.54) is 7.11 Å². The summed E-state index contributed by atoms with van der Waals surface area (Å²) < 4.78 is 44.7. The van der Waals surface area contributed by atoms with E-state index in [9.17, 15) is 27.9 Å². The van der Waals surface area contributed by atoms with Crippen molar-refractivity contribution in [2.75, 3.05) is 12.1 Å². The first-order valence-corrected chi connectivity index (χ1v) is 9.97. The maximum atomic E-state index is 13.4. The molecule has 0 aliphatic carbocycles. The van der Waals surface area contributed by atoms with E-state index in [-0.39, 0.29) is 16.3 Å². The molecular weight excluding hydrogens is 467 g/mol. The second-order valence-electron chi connectivity index (χ2n) is 7.05. The average Bonchev–Trinajstić information content (AvgIpc) is 2.85. The van der Waals surface area contributed by atoms with Crippen molar-refractivity contribution in [3.63, 3.8) is 0 Å². The monoisotopic (exact) mass is 483 g/mol. The van der Waals surface area contributed by atoms with E-state index >= 15 is 0 Å². The summed E-state index contributed by atoms with van der Waals surface area (Å²) in [7, 11) is 1.32. The lowest BCUT2D eigenvalue weighted by atomic mass is 10.0. The van der Waals surface area contributed by atoms with Gasteiger partial charge in [-0.05, 0) is 12.1 Å². The highest BCUT2D eigenvalue weighted by molar-refractivity contribution is 6.11. The van der Waals surface area contributed by atoms with Crippen molar-refractivity contribution in [2.24, 2.45) is 0 Å². The zero-order chi connectivity index (χ0) is 25.2. The Morgan fingerprint density at radius 3 is 2.34 bits per heavy atom. The van der Waals surface area contributed by atoms with Crippen LogP contribution in [-0.4, -0.2) is 39.2 Å². The number of fused-ring (bicyclic) bond motifs is 1. The number of carbonyl (C=O) groups excluding carboxylic acids is 1. The third-order valence-electron chi connectivity index (χ3n) is 4.86. The van der Waals surface area contributed by atoms with Gasteiger partial charge in [0.1, 0.15) is 11.4 Å². The van der Waals surface area contributed by atoms with Gasteiger partial charge in [-0.2, -0.15) is 13.2 Å². The van der Waals surface area contributed by atoms with E-state index in [2.05, 4.69) is 20.4 Å². The van der Waals surface area contributed by atoms with Crippen molar-refractivity contribution in [1.29, 1.82) is 0 Å². The Morgan fingerprint density at radius 1 is 1.00 bits per heavy atom. The molecule has 0 aliphatic heterocycles. The van der Waals surface area contributed by atoms with E-state index in [0.29, 0.717) is 28.2 Å². The zero-order valence-electron chi connectivity index (χ0n) is 17.9. The predicted octanol–water partition coefficient (Wildman–Crippen LogP) is 4.55. The number of pyridine rings is 1. The molecule has 0 fully saturated rings. The number of nitrogens with zero attached hydrogens (tertiary/aromatic N) is 4. The molecular formula is C23H16F3N5O4. The number of ether oxygens (including phenoxy) is 1. The van der Waals surface area contributed by atoms with Crippen molar-refractivity contribution >= 4 is 28.9 Å². The molecule has 4 rings (SSSR count). The van der Waals surface area contributed by atoms with Gasteiger partial charge in [0.15, 0.2) is 5.75 Å². The lowest BCUT2D eigenvalue weighted by Crippen LogP contribution is -2.47. The standard InChI is InChI=1S/C23H16F3N5O4/c1-35-19-17(14-9-5-6-10-15(14)28-18(19)13-7-3-2-4-8-13)20(32)30-31(22(33)34)21-27-12-11-16(29-21)23(24,25)26/h2-12H,1H3,(H,30,32)(H,33,34). The van der Waals surface area contributed by atoms with Crippen LogP contribution >= 0.6 is 0 Å². The number of rotatable bonds is 4. The third kappa shape index (κ3) is 4.67. The summed E-state index contributed by atoms with van der Waals surface area (Å²) in [4.78, 5) is 36.6. The van der Waals surface area contributed by atoms with Crippen molar-refractivity contribution < 1.29 is 32.6 Å². The largest absolute Gasteiger partial charge is 0.494 e. The number of alkyl halides is 3. The zero-order valence-corrected chi connectivity index (χ0v) is 17.9. The number of nitrogens with one attached hydrogen (secondary N) is 1. The Labute approximate surface area is 195 Å². The summed E-state index contributed by atoms with van der Waals surface area (Å²) in [5.74, 6) is -1.83. The van der Waals surface area contributed by atoms with Crippen LogP contribution in [0.1, 0.15) is 16.1 Å². The highest BCUT2D eigenvalue weighted by atomic mass is 19.4. The van der Waals surface area contributed by atoms with E-state index in [4.69, 9.17) is 4.74 Å². The molecule has 0 saturated heterocycles. The van der Waals surface area contributed by atoms with Gasteiger partial charge >= 0.3 is 12.3 Å². The predicted molar refractivity (Wildman–Crippen MR) is 119 cm³/mol. The fourth-order valence-electron chi connectivity index (χ4n) is 3.37. The molecule has 35 heavy (non-hydrogen) atoms. The molecule has 12 heteroatoms. The van der Waals surface area contributed by atoms with Crippen LogP contribution in [0, 0.1) is 0 Å². The summed E-state index contributed by atoms with van der Waals surface area (Å²) in [6.07, 6.45) is -5.91. The first-order chi connectivity index (χ1) is 16.7. The summed E-state index contributed by atoms with van der Waals surface area (Å²) >= 11 is 0.